The summed E-state index contributed by atoms with van der Waals surface area (Å²) in [5.41, 5.74) is 0.500. The molecule has 25 heavy (non-hydrogen) atoms. The molecule has 0 aliphatic heterocycles. The first kappa shape index (κ1) is 16.3. The molecule has 1 aromatic carbocycles. The number of nitro groups is 1. The summed E-state index contributed by atoms with van der Waals surface area (Å²) >= 11 is 0. The maximum Gasteiger partial charge on any atom is 0.433 e. The van der Waals surface area contributed by atoms with Gasteiger partial charge < -0.3 is 13.6 Å². The largest absolute Gasteiger partial charge is 0.447 e. The average molecular weight is 347 g/mol. The Morgan fingerprint density at radius 3 is 2.56 bits per heavy atom. The van der Waals surface area contributed by atoms with Gasteiger partial charge in [-0.2, -0.15) is 0 Å². The molecule has 0 N–H and O–H groups in total. The van der Waals surface area contributed by atoms with E-state index in [1.54, 1.807) is 0 Å². The SMILES string of the molecule is C[C@@H](OC(=O)c1ccc([N+](=O)[O-])o1)c1nnc(-c2ccc(F)cc2)o1. The Balaban J connectivity index is 1.70. The van der Waals surface area contributed by atoms with Crippen LogP contribution in [0.5, 0.6) is 0 Å². The number of furan rings is 1. The maximum absolute atomic E-state index is 12.9. The lowest BCUT2D eigenvalue weighted by molar-refractivity contribution is -0.402. The zero-order valence-electron chi connectivity index (χ0n) is 12.7. The summed E-state index contributed by atoms with van der Waals surface area (Å²) in [6.07, 6.45) is -0.918. The maximum atomic E-state index is 12.9. The monoisotopic (exact) mass is 347 g/mol. The van der Waals surface area contributed by atoms with Crippen LogP contribution in [0.1, 0.15) is 29.5 Å². The average Bonchev–Trinajstić information content (AvgIpc) is 3.25. The predicted molar refractivity (Wildman–Crippen MR) is 78.9 cm³/mol. The van der Waals surface area contributed by atoms with Crippen LogP contribution in [0, 0.1) is 15.9 Å². The van der Waals surface area contributed by atoms with Crippen molar-refractivity contribution in [2.75, 3.05) is 0 Å². The van der Waals surface area contributed by atoms with Crippen molar-refractivity contribution >= 4 is 11.9 Å². The molecule has 10 heteroatoms. The van der Waals surface area contributed by atoms with Crippen LogP contribution in [0.25, 0.3) is 11.5 Å². The van der Waals surface area contributed by atoms with E-state index in [1.807, 2.05) is 0 Å². The van der Waals surface area contributed by atoms with E-state index in [1.165, 1.54) is 31.2 Å². The van der Waals surface area contributed by atoms with Gasteiger partial charge in [-0.25, -0.2) is 9.18 Å². The van der Waals surface area contributed by atoms with Crippen LogP contribution in [-0.2, 0) is 4.74 Å². The molecule has 9 nitrogen and oxygen atoms in total. The highest BCUT2D eigenvalue weighted by Crippen LogP contribution is 2.24. The molecule has 3 aromatic rings. The number of ether oxygens (including phenoxy) is 1. The van der Waals surface area contributed by atoms with Crippen LogP contribution in [0.2, 0.25) is 0 Å². The fourth-order valence-electron chi connectivity index (χ4n) is 1.91. The molecule has 0 unspecified atom stereocenters. The molecule has 0 aliphatic rings. The molecule has 3 rings (SSSR count). The van der Waals surface area contributed by atoms with E-state index in [4.69, 9.17) is 13.6 Å². The third-order valence-electron chi connectivity index (χ3n) is 3.14. The van der Waals surface area contributed by atoms with Gasteiger partial charge in [-0.3, -0.25) is 10.1 Å². The molecule has 0 spiro atoms. The topological polar surface area (TPSA) is 122 Å². The second kappa shape index (κ2) is 6.51. The number of nitrogens with zero attached hydrogens (tertiary/aromatic N) is 3. The van der Waals surface area contributed by atoms with Gasteiger partial charge in [-0.15, -0.1) is 10.2 Å². The number of carbonyl (C=O) groups is 1. The first-order chi connectivity index (χ1) is 11.9. The Hall–Kier alpha value is -3.56. The fourth-order valence-corrected chi connectivity index (χ4v) is 1.91. The van der Waals surface area contributed by atoms with Gasteiger partial charge >= 0.3 is 11.9 Å². The molecule has 0 bridgehead atoms. The van der Waals surface area contributed by atoms with Crippen molar-refractivity contribution in [3.63, 3.8) is 0 Å². The molecule has 0 saturated heterocycles. The van der Waals surface area contributed by atoms with Gasteiger partial charge in [0.05, 0.1) is 6.07 Å². The van der Waals surface area contributed by atoms with Crippen LogP contribution < -0.4 is 0 Å². The van der Waals surface area contributed by atoms with Crippen molar-refractivity contribution < 1.29 is 27.7 Å². The van der Waals surface area contributed by atoms with Gasteiger partial charge in [-0.05, 0) is 37.3 Å². The molecule has 0 radical (unpaired) electrons. The van der Waals surface area contributed by atoms with Crippen molar-refractivity contribution in [2.24, 2.45) is 0 Å². The minimum atomic E-state index is -0.918. The molecule has 0 saturated carbocycles. The first-order valence-electron chi connectivity index (χ1n) is 6.98. The molecule has 2 heterocycles. The van der Waals surface area contributed by atoms with E-state index >= 15 is 0 Å². The molecule has 0 amide bonds. The van der Waals surface area contributed by atoms with Crippen molar-refractivity contribution in [3.8, 4) is 11.5 Å². The Labute approximate surface area is 139 Å². The third-order valence-corrected chi connectivity index (χ3v) is 3.14. The number of rotatable bonds is 5. The summed E-state index contributed by atoms with van der Waals surface area (Å²) in [5, 5.41) is 18.1. The van der Waals surface area contributed by atoms with Crippen molar-refractivity contribution in [1.29, 1.82) is 0 Å². The van der Waals surface area contributed by atoms with Crippen molar-refractivity contribution in [3.05, 3.63) is 64.0 Å². The van der Waals surface area contributed by atoms with E-state index in [-0.39, 0.29) is 17.5 Å². The van der Waals surface area contributed by atoms with Crippen LogP contribution in [0.4, 0.5) is 10.3 Å². The number of aromatic nitrogens is 2. The normalized spacial score (nSPS) is 11.9. The first-order valence-corrected chi connectivity index (χ1v) is 6.98. The number of benzene rings is 1. The highest BCUT2D eigenvalue weighted by Gasteiger charge is 2.23. The van der Waals surface area contributed by atoms with Crippen LogP contribution >= 0.6 is 0 Å². The van der Waals surface area contributed by atoms with Gasteiger partial charge in [0.2, 0.25) is 11.7 Å². The van der Waals surface area contributed by atoms with E-state index in [0.29, 0.717) is 5.56 Å². The number of hydrogen-bond donors (Lipinski definition) is 0. The number of esters is 1. The minimum absolute atomic E-state index is 0.00808. The zero-order valence-corrected chi connectivity index (χ0v) is 12.7. The van der Waals surface area contributed by atoms with E-state index in [2.05, 4.69) is 10.2 Å². The van der Waals surface area contributed by atoms with Gasteiger partial charge in [0.15, 0.2) is 6.10 Å². The second-order valence-electron chi connectivity index (χ2n) is 4.89. The summed E-state index contributed by atoms with van der Waals surface area (Å²) in [6.45, 7) is 1.48. The molecule has 1 atom stereocenters. The van der Waals surface area contributed by atoms with Crippen LogP contribution in [0.3, 0.4) is 0 Å². The minimum Gasteiger partial charge on any atom is -0.447 e. The lowest BCUT2D eigenvalue weighted by Gasteiger charge is -2.07. The predicted octanol–water partition coefficient (Wildman–Crippen LogP) is 3.29. The summed E-state index contributed by atoms with van der Waals surface area (Å²) < 4.78 is 28.1. The third kappa shape index (κ3) is 3.52. The molecule has 0 fully saturated rings. The Bertz CT molecular complexity index is 918. The van der Waals surface area contributed by atoms with Gasteiger partial charge in [0.1, 0.15) is 10.7 Å². The highest BCUT2D eigenvalue weighted by atomic mass is 19.1. The summed E-state index contributed by atoms with van der Waals surface area (Å²) in [5.74, 6) is -2.08. The lowest BCUT2D eigenvalue weighted by atomic mass is 10.2. The molecule has 128 valence electrons. The van der Waals surface area contributed by atoms with Crippen LogP contribution in [0.15, 0.2) is 45.2 Å². The molecular formula is C15H10FN3O6. The molecule has 0 aliphatic carbocycles. The molecular weight excluding hydrogens is 337 g/mol. The van der Waals surface area contributed by atoms with Gasteiger partial charge in [-0.1, -0.05) is 0 Å². The van der Waals surface area contributed by atoms with E-state index in [0.717, 1.165) is 12.1 Å². The number of hydrogen-bond acceptors (Lipinski definition) is 8. The van der Waals surface area contributed by atoms with Crippen molar-refractivity contribution in [2.45, 2.75) is 13.0 Å². The summed E-state index contributed by atoms with van der Waals surface area (Å²) in [6, 6.07) is 7.58. The van der Waals surface area contributed by atoms with Crippen LogP contribution in [-0.4, -0.2) is 21.1 Å². The number of carbonyl (C=O) groups excluding carboxylic acids is 1. The molecule has 2 aromatic heterocycles. The smallest absolute Gasteiger partial charge is 0.433 e. The van der Waals surface area contributed by atoms with Crippen molar-refractivity contribution in [1.82, 2.24) is 10.2 Å². The quantitative estimate of drug-likeness (QED) is 0.391. The Morgan fingerprint density at radius 1 is 1.20 bits per heavy atom. The Kier molecular flexibility index (Phi) is 4.25. The van der Waals surface area contributed by atoms with Gasteiger partial charge in [0, 0.05) is 5.56 Å². The van der Waals surface area contributed by atoms with E-state index < -0.39 is 28.7 Å². The summed E-state index contributed by atoms with van der Waals surface area (Å²) in [7, 11) is 0. The standard InChI is InChI=1S/C15H10FN3O6/c1-8(23-15(20)11-6-7-12(24-11)19(21)22)13-17-18-14(25-13)9-2-4-10(16)5-3-9/h2-8H,1H3/t8-/m1/s1. The second-order valence-corrected chi connectivity index (χ2v) is 4.89. The fraction of sp³-hybridized carbons (Fsp3) is 0.133. The van der Waals surface area contributed by atoms with Gasteiger partial charge in [0.25, 0.3) is 5.89 Å². The number of halogens is 1. The summed E-state index contributed by atoms with van der Waals surface area (Å²) in [4.78, 5) is 21.7. The highest BCUT2D eigenvalue weighted by molar-refractivity contribution is 5.86. The zero-order chi connectivity index (χ0) is 18.0. The lowest BCUT2D eigenvalue weighted by Crippen LogP contribution is -2.08. The Morgan fingerprint density at radius 2 is 1.92 bits per heavy atom. The van der Waals surface area contributed by atoms with E-state index in [9.17, 15) is 19.3 Å².